The fraction of sp³-hybridized carbons (Fsp3) is 0.111. The monoisotopic (exact) mass is 177 g/mol. The highest BCUT2D eigenvalue weighted by Crippen LogP contribution is 2.13. The first-order valence-electron chi connectivity index (χ1n) is 3.74. The fourth-order valence-corrected chi connectivity index (χ4v) is 1.06. The number of carbonyl (C=O) groups is 1. The highest BCUT2D eigenvalue weighted by atomic mass is 16.5. The van der Waals surface area contributed by atoms with E-state index >= 15 is 0 Å². The van der Waals surface area contributed by atoms with E-state index in [1.54, 1.807) is 18.2 Å². The maximum absolute atomic E-state index is 11.1. The van der Waals surface area contributed by atoms with E-state index in [4.69, 9.17) is 4.42 Å². The lowest BCUT2D eigenvalue weighted by atomic mass is 10.3. The van der Waals surface area contributed by atoms with Gasteiger partial charge in [0, 0.05) is 5.39 Å². The van der Waals surface area contributed by atoms with Crippen molar-refractivity contribution in [2.45, 2.75) is 0 Å². The Hall–Kier alpha value is -1.84. The number of aromatic nitrogens is 1. The van der Waals surface area contributed by atoms with E-state index < -0.39 is 5.97 Å². The smallest absolute Gasteiger partial charge is 0.356 e. The summed E-state index contributed by atoms with van der Waals surface area (Å²) in [6.45, 7) is 0. The molecule has 4 heteroatoms. The van der Waals surface area contributed by atoms with E-state index in [-0.39, 0.29) is 5.69 Å². The number of hydrogen-bond donors (Lipinski definition) is 0. The molecular weight excluding hydrogens is 170 g/mol. The molecule has 0 aromatic carbocycles. The number of hydrogen-bond acceptors (Lipinski definition) is 4. The summed E-state index contributed by atoms with van der Waals surface area (Å²) in [7, 11) is 1.32. The van der Waals surface area contributed by atoms with E-state index in [9.17, 15) is 4.79 Å². The number of furan rings is 1. The van der Waals surface area contributed by atoms with Crippen molar-refractivity contribution < 1.29 is 13.9 Å². The summed E-state index contributed by atoms with van der Waals surface area (Å²) in [5, 5.41) is 0.868. The largest absolute Gasteiger partial charge is 0.464 e. The number of ether oxygens (including phenoxy) is 1. The Morgan fingerprint density at radius 3 is 3.08 bits per heavy atom. The van der Waals surface area contributed by atoms with Crippen LogP contribution in [0.1, 0.15) is 10.5 Å². The molecule has 0 saturated carbocycles. The standard InChI is InChI=1S/C9H7NO3/c1-12-9(11)7-3-2-6-4-5-13-8(6)10-7/h2-5H,1H3. The van der Waals surface area contributed by atoms with E-state index in [1.165, 1.54) is 13.4 Å². The van der Waals surface area contributed by atoms with Crippen molar-refractivity contribution in [3.63, 3.8) is 0 Å². The lowest BCUT2D eigenvalue weighted by Crippen LogP contribution is -2.03. The van der Waals surface area contributed by atoms with Crippen molar-refractivity contribution in [1.82, 2.24) is 4.98 Å². The molecule has 0 fully saturated rings. The molecule has 2 rings (SSSR count). The summed E-state index contributed by atoms with van der Waals surface area (Å²) in [5.41, 5.74) is 0.702. The normalized spacial score (nSPS) is 10.2. The molecule has 66 valence electrons. The molecule has 0 bridgehead atoms. The molecule has 0 radical (unpaired) electrons. The van der Waals surface area contributed by atoms with Crippen molar-refractivity contribution in [2.75, 3.05) is 7.11 Å². The summed E-state index contributed by atoms with van der Waals surface area (Å²) >= 11 is 0. The highest BCUT2D eigenvalue weighted by molar-refractivity contribution is 5.89. The van der Waals surface area contributed by atoms with Crippen LogP contribution in [0.5, 0.6) is 0 Å². The second kappa shape index (κ2) is 2.90. The highest BCUT2D eigenvalue weighted by Gasteiger charge is 2.08. The lowest BCUT2D eigenvalue weighted by molar-refractivity contribution is 0.0594. The molecule has 13 heavy (non-hydrogen) atoms. The molecule has 0 saturated heterocycles. The Morgan fingerprint density at radius 1 is 1.46 bits per heavy atom. The number of esters is 1. The van der Waals surface area contributed by atoms with Gasteiger partial charge in [0.15, 0.2) is 5.69 Å². The number of pyridine rings is 1. The van der Waals surface area contributed by atoms with Gasteiger partial charge in [0.05, 0.1) is 13.4 Å². The molecular formula is C9H7NO3. The summed E-state index contributed by atoms with van der Waals surface area (Å²) in [6, 6.07) is 5.14. The van der Waals surface area contributed by atoms with Gasteiger partial charge in [-0.05, 0) is 18.2 Å². The third-order valence-electron chi connectivity index (χ3n) is 1.71. The Balaban J connectivity index is 2.54. The topological polar surface area (TPSA) is 52.3 Å². The SMILES string of the molecule is COC(=O)c1ccc2ccoc2n1. The van der Waals surface area contributed by atoms with Gasteiger partial charge >= 0.3 is 5.97 Å². The van der Waals surface area contributed by atoms with Gasteiger partial charge in [-0.15, -0.1) is 0 Å². The Morgan fingerprint density at radius 2 is 2.31 bits per heavy atom. The average molecular weight is 177 g/mol. The van der Waals surface area contributed by atoms with Crippen molar-refractivity contribution in [3.8, 4) is 0 Å². The lowest BCUT2D eigenvalue weighted by Gasteiger charge is -1.96. The maximum atomic E-state index is 11.1. The van der Waals surface area contributed by atoms with Crippen LogP contribution in [0.2, 0.25) is 0 Å². The van der Waals surface area contributed by atoms with Crippen molar-refractivity contribution in [1.29, 1.82) is 0 Å². The molecule has 0 atom stereocenters. The first kappa shape index (κ1) is 7.79. The van der Waals surface area contributed by atoms with Crippen LogP contribution < -0.4 is 0 Å². The van der Waals surface area contributed by atoms with E-state index in [0.717, 1.165) is 5.39 Å². The minimum Gasteiger partial charge on any atom is -0.464 e. The van der Waals surface area contributed by atoms with Gasteiger partial charge in [0.1, 0.15) is 0 Å². The number of carbonyl (C=O) groups excluding carboxylic acids is 1. The van der Waals surface area contributed by atoms with Crippen LogP contribution in [0.4, 0.5) is 0 Å². The van der Waals surface area contributed by atoms with Crippen molar-refractivity contribution >= 4 is 17.1 Å². The predicted octanol–water partition coefficient (Wildman–Crippen LogP) is 1.61. The van der Waals surface area contributed by atoms with Gasteiger partial charge in [0.2, 0.25) is 5.71 Å². The Kier molecular flexibility index (Phi) is 1.73. The Labute approximate surface area is 74.1 Å². The van der Waals surface area contributed by atoms with Crippen LogP contribution in [0.3, 0.4) is 0 Å². The van der Waals surface area contributed by atoms with Gasteiger partial charge in [-0.2, -0.15) is 0 Å². The quantitative estimate of drug-likeness (QED) is 0.621. The zero-order valence-corrected chi connectivity index (χ0v) is 6.98. The van der Waals surface area contributed by atoms with Crippen LogP contribution in [-0.4, -0.2) is 18.1 Å². The van der Waals surface area contributed by atoms with Crippen LogP contribution >= 0.6 is 0 Å². The van der Waals surface area contributed by atoms with Crippen LogP contribution in [0.25, 0.3) is 11.1 Å². The number of rotatable bonds is 1. The second-order valence-corrected chi connectivity index (χ2v) is 2.50. The second-order valence-electron chi connectivity index (χ2n) is 2.50. The van der Waals surface area contributed by atoms with Crippen LogP contribution in [0, 0.1) is 0 Å². The van der Waals surface area contributed by atoms with Gasteiger partial charge in [-0.1, -0.05) is 0 Å². The number of nitrogens with zero attached hydrogens (tertiary/aromatic N) is 1. The van der Waals surface area contributed by atoms with Crippen molar-refractivity contribution in [3.05, 3.63) is 30.2 Å². The fourth-order valence-electron chi connectivity index (χ4n) is 1.06. The predicted molar refractivity (Wildman–Crippen MR) is 45.3 cm³/mol. The molecule has 0 aliphatic heterocycles. The van der Waals surface area contributed by atoms with E-state index in [2.05, 4.69) is 9.72 Å². The van der Waals surface area contributed by atoms with E-state index in [0.29, 0.717) is 5.71 Å². The minimum atomic E-state index is -0.460. The first-order valence-corrected chi connectivity index (χ1v) is 3.74. The first-order chi connectivity index (χ1) is 6.31. The molecule has 0 amide bonds. The zero-order chi connectivity index (χ0) is 9.26. The molecule has 4 nitrogen and oxygen atoms in total. The minimum absolute atomic E-state index is 0.255. The summed E-state index contributed by atoms with van der Waals surface area (Å²) in [6.07, 6.45) is 1.53. The van der Waals surface area contributed by atoms with Gasteiger partial charge in [0.25, 0.3) is 0 Å². The molecule has 0 aliphatic carbocycles. The van der Waals surface area contributed by atoms with Gasteiger partial charge in [-0.3, -0.25) is 0 Å². The summed E-state index contributed by atoms with van der Waals surface area (Å²) in [5.74, 6) is -0.460. The number of methoxy groups -OCH3 is 1. The molecule has 0 aliphatic rings. The maximum Gasteiger partial charge on any atom is 0.356 e. The molecule has 0 spiro atoms. The molecule has 2 aromatic rings. The van der Waals surface area contributed by atoms with Gasteiger partial charge in [-0.25, -0.2) is 9.78 Å². The third-order valence-corrected chi connectivity index (χ3v) is 1.71. The molecule has 2 heterocycles. The Bertz CT molecular complexity index is 447. The average Bonchev–Trinajstić information content (AvgIpc) is 2.63. The molecule has 0 unspecified atom stereocenters. The number of fused-ring (bicyclic) bond motifs is 1. The molecule has 0 N–H and O–H groups in total. The molecule has 2 aromatic heterocycles. The zero-order valence-electron chi connectivity index (χ0n) is 6.98. The van der Waals surface area contributed by atoms with Crippen LogP contribution in [-0.2, 0) is 4.74 Å². The third kappa shape index (κ3) is 1.26. The summed E-state index contributed by atoms with van der Waals surface area (Å²) < 4.78 is 9.55. The summed E-state index contributed by atoms with van der Waals surface area (Å²) in [4.78, 5) is 15.0. The van der Waals surface area contributed by atoms with E-state index in [1.807, 2.05) is 0 Å². The van der Waals surface area contributed by atoms with Crippen LogP contribution in [0.15, 0.2) is 28.9 Å². The van der Waals surface area contributed by atoms with Crippen molar-refractivity contribution in [2.24, 2.45) is 0 Å². The van der Waals surface area contributed by atoms with Gasteiger partial charge < -0.3 is 9.15 Å².